The van der Waals surface area contributed by atoms with Gasteiger partial charge in [-0.05, 0) is 43.0 Å². The lowest BCUT2D eigenvalue weighted by Crippen LogP contribution is -2.31. The van der Waals surface area contributed by atoms with E-state index in [9.17, 15) is 0 Å². The van der Waals surface area contributed by atoms with Crippen molar-refractivity contribution in [1.82, 2.24) is 19.4 Å². The summed E-state index contributed by atoms with van der Waals surface area (Å²) in [5.74, 6) is 0.614. The monoisotopic (exact) mass is 414 g/mol. The SMILES string of the molecule is Cc1ccc(-c2nc3cc(CN)ccn3c2-c2ccnc(NC(C)C(C)(C)C)n2)cc1. The Bertz CT molecular complexity index is 1200. The average Bonchev–Trinajstić information content (AvgIpc) is 3.12. The van der Waals surface area contributed by atoms with Crippen molar-refractivity contribution in [3.63, 3.8) is 0 Å². The fraction of sp³-hybridized carbons (Fsp3) is 0.320. The van der Waals surface area contributed by atoms with Gasteiger partial charge in [-0.3, -0.25) is 4.40 Å². The average molecular weight is 415 g/mol. The smallest absolute Gasteiger partial charge is 0.223 e. The van der Waals surface area contributed by atoms with Crippen LogP contribution in [0.5, 0.6) is 0 Å². The fourth-order valence-corrected chi connectivity index (χ4v) is 3.34. The number of fused-ring (bicyclic) bond motifs is 1. The summed E-state index contributed by atoms with van der Waals surface area (Å²) in [5, 5.41) is 3.45. The Hall–Kier alpha value is -3.25. The first kappa shape index (κ1) is 21.0. The summed E-state index contributed by atoms with van der Waals surface area (Å²) in [5.41, 5.74) is 12.8. The predicted molar refractivity (Wildman–Crippen MR) is 127 cm³/mol. The van der Waals surface area contributed by atoms with Crippen molar-refractivity contribution in [2.75, 3.05) is 5.32 Å². The number of benzene rings is 1. The zero-order valence-electron chi connectivity index (χ0n) is 18.8. The second-order valence-electron chi connectivity index (χ2n) is 9.14. The van der Waals surface area contributed by atoms with Crippen molar-refractivity contribution < 1.29 is 0 Å². The number of anilines is 1. The van der Waals surface area contributed by atoms with E-state index in [1.165, 1.54) is 5.56 Å². The number of nitrogens with two attached hydrogens (primary N) is 1. The maximum atomic E-state index is 5.86. The Morgan fingerprint density at radius 1 is 1.06 bits per heavy atom. The highest BCUT2D eigenvalue weighted by Crippen LogP contribution is 2.33. The Morgan fingerprint density at radius 3 is 2.48 bits per heavy atom. The molecule has 6 nitrogen and oxygen atoms in total. The summed E-state index contributed by atoms with van der Waals surface area (Å²) < 4.78 is 2.08. The van der Waals surface area contributed by atoms with Gasteiger partial charge in [-0.2, -0.15) is 0 Å². The molecule has 3 N–H and O–H groups in total. The summed E-state index contributed by atoms with van der Waals surface area (Å²) in [6.45, 7) is 11.3. The number of aryl methyl sites for hydroxylation is 1. The van der Waals surface area contributed by atoms with Crippen molar-refractivity contribution in [2.24, 2.45) is 11.1 Å². The standard InChI is InChI=1S/C25H30N6/c1-16-6-8-19(9-7-16)22-23(31-13-11-18(15-26)14-21(31)30-22)20-10-12-27-24(29-20)28-17(2)25(3,4)5/h6-14,17H,15,26H2,1-5H3,(H,27,28,29). The van der Waals surface area contributed by atoms with Gasteiger partial charge in [0, 0.05) is 30.5 Å². The molecule has 1 atom stereocenters. The number of hydrogen-bond donors (Lipinski definition) is 2. The third kappa shape index (κ3) is 4.30. The summed E-state index contributed by atoms with van der Waals surface area (Å²) in [7, 11) is 0. The van der Waals surface area contributed by atoms with Gasteiger partial charge in [-0.15, -0.1) is 0 Å². The van der Waals surface area contributed by atoms with Crippen molar-refractivity contribution in [2.45, 2.75) is 47.2 Å². The normalized spacial score (nSPS) is 12.8. The Morgan fingerprint density at radius 2 is 1.81 bits per heavy atom. The van der Waals surface area contributed by atoms with Crippen LogP contribution in [0, 0.1) is 12.3 Å². The minimum atomic E-state index is 0.0916. The predicted octanol–water partition coefficient (Wildman–Crippen LogP) is 5.07. The first-order chi connectivity index (χ1) is 14.8. The van der Waals surface area contributed by atoms with Gasteiger partial charge < -0.3 is 11.1 Å². The number of hydrogen-bond acceptors (Lipinski definition) is 5. The summed E-state index contributed by atoms with van der Waals surface area (Å²) in [4.78, 5) is 14.3. The second kappa shape index (κ2) is 8.12. The van der Waals surface area contributed by atoms with Gasteiger partial charge in [0.1, 0.15) is 5.65 Å². The van der Waals surface area contributed by atoms with E-state index < -0.39 is 0 Å². The number of nitrogens with zero attached hydrogens (tertiary/aromatic N) is 4. The fourth-order valence-electron chi connectivity index (χ4n) is 3.34. The van der Waals surface area contributed by atoms with Crippen molar-refractivity contribution >= 4 is 11.6 Å². The molecule has 0 bridgehead atoms. The van der Waals surface area contributed by atoms with Crippen LogP contribution >= 0.6 is 0 Å². The lowest BCUT2D eigenvalue weighted by Gasteiger charge is -2.28. The molecule has 0 saturated carbocycles. The number of nitrogens with one attached hydrogen (secondary N) is 1. The van der Waals surface area contributed by atoms with Crippen LogP contribution < -0.4 is 11.1 Å². The van der Waals surface area contributed by atoms with Gasteiger partial charge in [-0.25, -0.2) is 15.0 Å². The van der Waals surface area contributed by atoms with E-state index in [4.69, 9.17) is 15.7 Å². The van der Waals surface area contributed by atoms with Crippen LogP contribution in [0.25, 0.3) is 28.3 Å². The largest absolute Gasteiger partial charge is 0.351 e. The molecule has 0 radical (unpaired) electrons. The van der Waals surface area contributed by atoms with Gasteiger partial charge in [0.25, 0.3) is 0 Å². The molecule has 3 heterocycles. The molecule has 4 aromatic rings. The quantitative estimate of drug-likeness (QED) is 0.476. The van der Waals surface area contributed by atoms with Crippen LogP contribution in [0.4, 0.5) is 5.95 Å². The molecule has 160 valence electrons. The Labute approximate surface area is 183 Å². The van der Waals surface area contributed by atoms with Crippen LogP contribution in [0.2, 0.25) is 0 Å². The molecule has 1 unspecified atom stereocenters. The lowest BCUT2D eigenvalue weighted by molar-refractivity contribution is 0.358. The van der Waals surface area contributed by atoms with E-state index in [-0.39, 0.29) is 11.5 Å². The van der Waals surface area contributed by atoms with Crippen LogP contribution in [0.15, 0.2) is 54.9 Å². The van der Waals surface area contributed by atoms with E-state index in [0.717, 1.165) is 33.9 Å². The molecule has 0 spiro atoms. The Balaban J connectivity index is 1.87. The zero-order valence-corrected chi connectivity index (χ0v) is 18.8. The van der Waals surface area contributed by atoms with Gasteiger partial charge in [0.15, 0.2) is 0 Å². The first-order valence-corrected chi connectivity index (χ1v) is 10.6. The molecule has 0 saturated heterocycles. The molecule has 0 aliphatic carbocycles. The maximum absolute atomic E-state index is 5.86. The molecule has 4 rings (SSSR count). The number of imidazole rings is 1. The van der Waals surface area contributed by atoms with Gasteiger partial charge in [0.2, 0.25) is 5.95 Å². The third-order valence-electron chi connectivity index (χ3n) is 5.79. The van der Waals surface area contributed by atoms with Crippen molar-refractivity contribution in [1.29, 1.82) is 0 Å². The second-order valence-corrected chi connectivity index (χ2v) is 9.14. The molecule has 0 fully saturated rings. The van der Waals surface area contributed by atoms with E-state index in [2.05, 4.69) is 73.6 Å². The van der Waals surface area contributed by atoms with Crippen LogP contribution in [0.3, 0.4) is 0 Å². The third-order valence-corrected chi connectivity index (χ3v) is 5.79. The summed E-state index contributed by atoms with van der Waals surface area (Å²) in [6.07, 6.45) is 3.82. The highest BCUT2D eigenvalue weighted by Gasteiger charge is 2.22. The van der Waals surface area contributed by atoms with E-state index in [1.807, 2.05) is 24.4 Å². The Kier molecular flexibility index (Phi) is 5.50. The maximum Gasteiger partial charge on any atom is 0.223 e. The first-order valence-electron chi connectivity index (χ1n) is 10.6. The molecule has 0 aliphatic heterocycles. The van der Waals surface area contributed by atoms with Crippen LogP contribution in [-0.2, 0) is 6.54 Å². The van der Waals surface area contributed by atoms with E-state index >= 15 is 0 Å². The molecule has 6 heteroatoms. The molecule has 3 aromatic heterocycles. The zero-order chi connectivity index (χ0) is 22.2. The highest BCUT2D eigenvalue weighted by atomic mass is 15.1. The van der Waals surface area contributed by atoms with Gasteiger partial charge >= 0.3 is 0 Å². The van der Waals surface area contributed by atoms with Gasteiger partial charge in [0.05, 0.1) is 17.1 Å². The lowest BCUT2D eigenvalue weighted by atomic mass is 9.88. The molecular formula is C25H30N6. The summed E-state index contributed by atoms with van der Waals surface area (Å²) in [6, 6.07) is 14.6. The highest BCUT2D eigenvalue weighted by molar-refractivity contribution is 5.81. The number of pyridine rings is 1. The van der Waals surface area contributed by atoms with Gasteiger partial charge in [-0.1, -0.05) is 50.6 Å². The van der Waals surface area contributed by atoms with E-state index in [1.54, 1.807) is 6.20 Å². The summed E-state index contributed by atoms with van der Waals surface area (Å²) >= 11 is 0. The number of rotatable bonds is 5. The van der Waals surface area contributed by atoms with Crippen LogP contribution in [0.1, 0.15) is 38.8 Å². The number of aromatic nitrogens is 4. The minimum absolute atomic E-state index is 0.0916. The molecule has 31 heavy (non-hydrogen) atoms. The molecule has 1 aromatic carbocycles. The molecule has 0 aliphatic rings. The minimum Gasteiger partial charge on any atom is -0.351 e. The molecule has 0 amide bonds. The molecular weight excluding hydrogens is 384 g/mol. The van der Waals surface area contributed by atoms with Crippen LogP contribution in [-0.4, -0.2) is 25.4 Å². The topological polar surface area (TPSA) is 81.1 Å². The van der Waals surface area contributed by atoms with Crippen molar-refractivity contribution in [3.05, 3.63) is 66.0 Å². The van der Waals surface area contributed by atoms with E-state index in [0.29, 0.717) is 12.5 Å². The van der Waals surface area contributed by atoms with Crippen molar-refractivity contribution in [3.8, 4) is 22.6 Å².